The van der Waals surface area contributed by atoms with E-state index in [2.05, 4.69) is 0 Å². The van der Waals surface area contributed by atoms with E-state index in [-0.39, 0.29) is 15.7 Å². The van der Waals surface area contributed by atoms with Crippen LogP contribution in [0, 0.1) is 0 Å². The molecule has 6 heteroatoms. The second-order valence-corrected chi connectivity index (χ2v) is 3.03. The highest BCUT2D eigenvalue weighted by Crippen LogP contribution is 2.33. The van der Waals surface area contributed by atoms with Crippen LogP contribution in [-0.4, -0.2) is 6.30 Å². The summed E-state index contributed by atoms with van der Waals surface area (Å²) in [6.45, 7) is 0. The SMILES string of the molecule is FC(F)(F)Nc1c(Cl)cccc1Cl. The molecule has 0 amide bonds. The van der Waals surface area contributed by atoms with Gasteiger partial charge in [0.15, 0.2) is 0 Å². The highest BCUT2D eigenvalue weighted by molar-refractivity contribution is 6.39. The van der Waals surface area contributed by atoms with Crippen LogP contribution in [0.1, 0.15) is 0 Å². The van der Waals surface area contributed by atoms with Gasteiger partial charge >= 0.3 is 6.30 Å². The van der Waals surface area contributed by atoms with Crippen molar-refractivity contribution in [3.05, 3.63) is 28.2 Å². The summed E-state index contributed by atoms with van der Waals surface area (Å²) in [6.07, 6.45) is -4.53. The minimum absolute atomic E-state index is 0.0650. The molecule has 0 saturated carbocycles. The fourth-order valence-corrected chi connectivity index (χ4v) is 1.25. The zero-order valence-corrected chi connectivity index (χ0v) is 7.63. The first-order chi connectivity index (χ1) is 5.90. The van der Waals surface area contributed by atoms with E-state index in [1.54, 1.807) is 0 Å². The Balaban J connectivity index is 3.00. The van der Waals surface area contributed by atoms with Crippen LogP contribution in [0.4, 0.5) is 18.9 Å². The number of hydrogen-bond acceptors (Lipinski definition) is 1. The minimum atomic E-state index is -4.53. The largest absolute Gasteiger partial charge is 0.482 e. The molecule has 0 heterocycles. The summed E-state index contributed by atoms with van der Waals surface area (Å²) in [4.78, 5) is 0. The first-order valence-electron chi connectivity index (χ1n) is 3.19. The van der Waals surface area contributed by atoms with Gasteiger partial charge in [0.05, 0.1) is 15.7 Å². The lowest BCUT2D eigenvalue weighted by atomic mass is 10.3. The molecule has 72 valence electrons. The maximum atomic E-state index is 11.9. The third kappa shape index (κ3) is 2.97. The van der Waals surface area contributed by atoms with Crippen molar-refractivity contribution in [2.75, 3.05) is 5.32 Å². The van der Waals surface area contributed by atoms with Crippen LogP contribution >= 0.6 is 23.2 Å². The average molecular weight is 230 g/mol. The molecule has 0 aliphatic carbocycles. The van der Waals surface area contributed by atoms with E-state index in [0.29, 0.717) is 0 Å². The van der Waals surface area contributed by atoms with Crippen LogP contribution in [0.5, 0.6) is 0 Å². The minimum Gasteiger partial charge on any atom is -0.295 e. The fraction of sp³-hybridized carbons (Fsp3) is 0.143. The molecule has 0 aliphatic heterocycles. The van der Waals surface area contributed by atoms with Crippen molar-refractivity contribution in [1.29, 1.82) is 0 Å². The number of nitrogens with one attached hydrogen (secondary N) is 1. The molecule has 0 bridgehead atoms. The van der Waals surface area contributed by atoms with Gasteiger partial charge in [-0.1, -0.05) is 29.3 Å². The van der Waals surface area contributed by atoms with Gasteiger partial charge in [0.25, 0.3) is 0 Å². The number of rotatable bonds is 1. The van der Waals surface area contributed by atoms with Gasteiger partial charge in [-0.3, -0.25) is 5.32 Å². The number of para-hydroxylation sites is 1. The van der Waals surface area contributed by atoms with E-state index >= 15 is 0 Å². The van der Waals surface area contributed by atoms with Crippen molar-refractivity contribution < 1.29 is 13.2 Å². The van der Waals surface area contributed by atoms with Crippen LogP contribution < -0.4 is 5.32 Å². The number of anilines is 1. The van der Waals surface area contributed by atoms with Crippen LogP contribution in [0.3, 0.4) is 0 Å². The van der Waals surface area contributed by atoms with E-state index in [4.69, 9.17) is 23.2 Å². The van der Waals surface area contributed by atoms with Gasteiger partial charge in [0.1, 0.15) is 0 Å². The molecule has 0 saturated heterocycles. The van der Waals surface area contributed by atoms with Crippen LogP contribution in [0.15, 0.2) is 18.2 Å². The standard InChI is InChI=1S/C7H4Cl2F3N/c8-4-2-1-3-5(9)6(4)13-7(10,11)12/h1-3,13H. The molecule has 1 aromatic carbocycles. The third-order valence-electron chi connectivity index (χ3n) is 1.23. The van der Waals surface area contributed by atoms with Crippen molar-refractivity contribution in [1.82, 2.24) is 0 Å². The maximum Gasteiger partial charge on any atom is 0.482 e. The first kappa shape index (κ1) is 10.5. The van der Waals surface area contributed by atoms with Crippen LogP contribution in [0.25, 0.3) is 0 Å². The van der Waals surface area contributed by atoms with E-state index in [1.165, 1.54) is 23.5 Å². The Morgan fingerprint density at radius 3 is 1.92 bits per heavy atom. The monoisotopic (exact) mass is 229 g/mol. The van der Waals surface area contributed by atoms with Gasteiger partial charge in [-0.15, -0.1) is 0 Å². The molecule has 1 rings (SSSR count). The highest BCUT2D eigenvalue weighted by atomic mass is 35.5. The quantitative estimate of drug-likeness (QED) is 0.720. The molecule has 0 aromatic heterocycles. The van der Waals surface area contributed by atoms with Crippen molar-refractivity contribution >= 4 is 28.9 Å². The summed E-state index contributed by atoms with van der Waals surface area (Å²) in [5.41, 5.74) is -0.321. The molecule has 1 aromatic rings. The van der Waals surface area contributed by atoms with E-state index in [9.17, 15) is 13.2 Å². The molecular weight excluding hydrogens is 226 g/mol. The van der Waals surface area contributed by atoms with Crippen molar-refractivity contribution in [3.8, 4) is 0 Å². The van der Waals surface area contributed by atoms with E-state index in [1.807, 2.05) is 0 Å². The predicted octanol–water partition coefficient (Wildman–Crippen LogP) is 3.93. The molecule has 13 heavy (non-hydrogen) atoms. The van der Waals surface area contributed by atoms with Gasteiger partial charge in [-0.05, 0) is 12.1 Å². The second-order valence-electron chi connectivity index (χ2n) is 2.22. The van der Waals surface area contributed by atoms with Crippen molar-refractivity contribution in [2.24, 2.45) is 0 Å². The Hall–Kier alpha value is -0.610. The molecule has 0 unspecified atom stereocenters. The van der Waals surface area contributed by atoms with Gasteiger partial charge in [-0.2, -0.15) is 13.2 Å². The molecular formula is C7H4Cl2F3N. The van der Waals surface area contributed by atoms with Crippen molar-refractivity contribution in [3.63, 3.8) is 0 Å². The second kappa shape index (κ2) is 3.64. The molecule has 0 spiro atoms. The molecule has 0 radical (unpaired) electrons. The smallest absolute Gasteiger partial charge is 0.295 e. The van der Waals surface area contributed by atoms with Crippen LogP contribution in [-0.2, 0) is 0 Å². The summed E-state index contributed by atoms with van der Waals surface area (Å²) in [6, 6.07) is 4.11. The first-order valence-corrected chi connectivity index (χ1v) is 3.94. The zero-order chi connectivity index (χ0) is 10.1. The van der Waals surface area contributed by atoms with E-state index < -0.39 is 6.30 Å². The lowest BCUT2D eigenvalue weighted by molar-refractivity contribution is -0.0999. The van der Waals surface area contributed by atoms with Crippen molar-refractivity contribution in [2.45, 2.75) is 6.30 Å². The Morgan fingerprint density at radius 1 is 1.08 bits per heavy atom. The Morgan fingerprint density at radius 2 is 1.54 bits per heavy atom. The van der Waals surface area contributed by atoms with Gasteiger partial charge in [0.2, 0.25) is 0 Å². The third-order valence-corrected chi connectivity index (χ3v) is 1.86. The summed E-state index contributed by atoms with van der Waals surface area (Å²) >= 11 is 11.0. The summed E-state index contributed by atoms with van der Waals surface area (Å²) < 4.78 is 35.6. The molecule has 0 aliphatic rings. The number of benzene rings is 1. The summed E-state index contributed by atoms with van der Waals surface area (Å²) in [5.74, 6) is 0. The number of alkyl halides is 3. The van der Waals surface area contributed by atoms with Gasteiger partial charge < -0.3 is 0 Å². The number of hydrogen-bond donors (Lipinski definition) is 1. The Bertz CT molecular complexity index is 291. The molecule has 1 N–H and O–H groups in total. The Labute approximate surface area is 82.4 Å². The summed E-state index contributed by atoms with van der Waals surface area (Å²) in [7, 11) is 0. The zero-order valence-electron chi connectivity index (χ0n) is 6.12. The highest BCUT2D eigenvalue weighted by Gasteiger charge is 2.28. The average Bonchev–Trinajstić information content (AvgIpc) is 1.95. The normalized spacial score (nSPS) is 11.5. The molecule has 0 atom stereocenters. The van der Waals surface area contributed by atoms with Crippen LogP contribution in [0.2, 0.25) is 10.0 Å². The topological polar surface area (TPSA) is 12.0 Å². The van der Waals surface area contributed by atoms with E-state index in [0.717, 1.165) is 0 Å². The summed E-state index contributed by atoms with van der Waals surface area (Å²) in [5, 5.41) is 1.12. The molecule has 1 nitrogen and oxygen atoms in total. The predicted molar refractivity (Wildman–Crippen MR) is 46.1 cm³/mol. The van der Waals surface area contributed by atoms with Gasteiger partial charge in [-0.25, -0.2) is 0 Å². The van der Waals surface area contributed by atoms with Gasteiger partial charge in [0, 0.05) is 0 Å². The fourth-order valence-electron chi connectivity index (χ4n) is 0.759. The molecule has 0 fully saturated rings. The maximum absolute atomic E-state index is 11.9. The lowest BCUT2D eigenvalue weighted by Gasteiger charge is -2.12. The Kier molecular flexibility index (Phi) is 2.93. The lowest BCUT2D eigenvalue weighted by Crippen LogP contribution is -2.21. The number of halogens is 5.